The van der Waals surface area contributed by atoms with Crippen LogP contribution in [0.25, 0.3) is 0 Å². The zero-order valence-electron chi connectivity index (χ0n) is 25.8. The molecule has 0 spiro atoms. The summed E-state index contributed by atoms with van der Waals surface area (Å²) < 4.78 is 71.5. The maximum Gasteiger partial charge on any atom is 0.255 e. The van der Waals surface area contributed by atoms with Gasteiger partial charge < -0.3 is 15.0 Å². The lowest BCUT2D eigenvalue weighted by molar-refractivity contribution is -0.136. The summed E-state index contributed by atoms with van der Waals surface area (Å²) in [6.07, 6.45) is -6.80. The van der Waals surface area contributed by atoms with Crippen LogP contribution >= 0.6 is 0 Å². The van der Waals surface area contributed by atoms with Crippen molar-refractivity contribution in [2.45, 2.75) is 38.4 Å². The number of fused-ring (bicyclic) bond motifs is 1. The quantitative estimate of drug-likeness (QED) is 0.645. The molecule has 172 valence electrons. The first kappa shape index (κ1) is 14.1. The summed E-state index contributed by atoms with van der Waals surface area (Å²) in [4.78, 5) is 41.1. The molecule has 3 aliphatic rings. The van der Waals surface area contributed by atoms with Crippen LogP contribution in [0.4, 0.5) is 5.69 Å². The van der Waals surface area contributed by atoms with E-state index in [-0.39, 0.29) is 23.4 Å². The Labute approximate surface area is 204 Å². The number of nitrogens with one attached hydrogen (secondary N) is 2. The molecule has 0 radical (unpaired) electrons. The number of imide groups is 1. The van der Waals surface area contributed by atoms with E-state index in [4.69, 9.17) is 15.7 Å². The Morgan fingerprint density at radius 2 is 1.91 bits per heavy atom. The van der Waals surface area contributed by atoms with Crippen LogP contribution in [0.5, 0.6) is 0 Å². The predicted octanol–water partition coefficient (Wildman–Crippen LogP) is 1.89. The molecular weight excluding hydrogens is 420 g/mol. The first-order valence-corrected chi connectivity index (χ1v) is 10.6. The Kier molecular flexibility index (Phi) is 3.99. The van der Waals surface area contributed by atoms with Gasteiger partial charge in [-0.25, -0.2) is 0 Å². The van der Waals surface area contributed by atoms with E-state index in [2.05, 4.69) is 10.2 Å². The zero-order chi connectivity index (χ0) is 29.9. The van der Waals surface area contributed by atoms with Crippen molar-refractivity contribution in [1.82, 2.24) is 15.1 Å². The van der Waals surface area contributed by atoms with E-state index in [0.717, 1.165) is 30.8 Å². The van der Waals surface area contributed by atoms with Gasteiger partial charge in [0, 0.05) is 61.4 Å². The standard InChI is InChI=1S/C25H28N4O4/c30-23-9-8-22(24(31)27-23)29-16-20-19(25(29)32)2-1-3-21(20)26-14-17-4-6-18(7-5-17)15-28-10-12-33-13-11-28/h1-7,22,26H,8-16H2,(H,27,30,31)/t22-/m0/s1/i1D,2D,3D,8D2,9D2,22D. The number of rotatable bonds is 6. The monoisotopic (exact) mass is 456 g/mol. The fourth-order valence-corrected chi connectivity index (χ4v) is 4.00. The molecule has 0 saturated carbocycles. The molecule has 0 bridgehead atoms. The molecule has 3 heterocycles. The van der Waals surface area contributed by atoms with Crippen LogP contribution in [0, 0.1) is 0 Å². The fraction of sp³-hybridized carbons (Fsp3) is 0.400. The molecular formula is C25H28N4O4. The highest BCUT2D eigenvalue weighted by atomic mass is 16.5. The number of ether oxygens (including phenoxy) is 1. The maximum atomic E-state index is 13.5. The second-order valence-electron chi connectivity index (χ2n) is 7.94. The molecule has 2 aromatic carbocycles. The molecule has 0 aliphatic carbocycles. The molecule has 2 N–H and O–H groups in total. The van der Waals surface area contributed by atoms with Gasteiger partial charge >= 0.3 is 0 Å². The van der Waals surface area contributed by atoms with E-state index in [9.17, 15) is 14.4 Å². The van der Waals surface area contributed by atoms with Crippen LogP contribution in [-0.4, -0.2) is 59.8 Å². The van der Waals surface area contributed by atoms with Gasteiger partial charge in [0.15, 0.2) is 0 Å². The molecule has 0 unspecified atom stereocenters. The molecule has 1 atom stereocenters. The van der Waals surface area contributed by atoms with Crippen LogP contribution in [0.2, 0.25) is 0 Å². The van der Waals surface area contributed by atoms with Crippen molar-refractivity contribution in [3.05, 3.63) is 64.6 Å². The minimum Gasteiger partial charge on any atom is -0.381 e. The van der Waals surface area contributed by atoms with Crippen molar-refractivity contribution in [1.29, 1.82) is 0 Å². The van der Waals surface area contributed by atoms with E-state index in [0.29, 0.717) is 18.1 Å². The van der Waals surface area contributed by atoms with E-state index in [1.54, 1.807) is 5.32 Å². The Balaban J connectivity index is 1.43. The van der Waals surface area contributed by atoms with E-state index < -0.39 is 61.2 Å². The molecule has 0 aromatic heterocycles. The second-order valence-corrected chi connectivity index (χ2v) is 7.94. The molecule has 33 heavy (non-hydrogen) atoms. The van der Waals surface area contributed by atoms with E-state index in [1.165, 1.54) is 0 Å². The molecule has 3 aliphatic heterocycles. The number of anilines is 1. The fourth-order valence-electron chi connectivity index (χ4n) is 4.00. The Morgan fingerprint density at radius 1 is 1.15 bits per heavy atom. The van der Waals surface area contributed by atoms with E-state index >= 15 is 0 Å². The summed E-state index contributed by atoms with van der Waals surface area (Å²) in [7, 11) is 0. The number of carbonyl (C=O) groups is 3. The third-order valence-electron chi connectivity index (χ3n) is 5.76. The lowest BCUT2D eigenvalue weighted by atomic mass is 10.0. The number of carbonyl (C=O) groups excluding carboxylic acids is 3. The van der Waals surface area contributed by atoms with Crippen molar-refractivity contribution in [3.8, 4) is 0 Å². The second kappa shape index (κ2) is 9.33. The van der Waals surface area contributed by atoms with Gasteiger partial charge in [-0.05, 0) is 29.6 Å². The summed E-state index contributed by atoms with van der Waals surface area (Å²) in [5, 5.41) is 4.68. The highest BCUT2D eigenvalue weighted by Gasteiger charge is 2.39. The van der Waals surface area contributed by atoms with Gasteiger partial charge in [-0.15, -0.1) is 0 Å². The molecule has 8 heteroatoms. The zero-order valence-corrected chi connectivity index (χ0v) is 17.8. The van der Waals surface area contributed by atoms with Crippen LogP contribution in [0.15, 0.2) is 42.4 Å². The van der Waals surface area contributed by atoms with Crippen molar-refractivity contribution in [3.63, 3.8) is 0 Å². The Bertz CT molecular complexity index is 1430. The van der Waals surface area contributed by atoms with Crippen LogP contribution < -0.4 is 10.6 Å². The van der Waals surface area contributed by atoms with Crippen molar-refractivity contribution in [2.75, 3.05) is 31.6 Å². The summed E-state index contributed by atoms with van der Waals surface area (Å²) in [6, 6.07) is 2.90. The normalized spacial score (nSPS) is 29.9. The smallest absolute Gasteiger partial charge is 0.255 e. The van der Waals surface area contributed by atoms with Crippen LogP contribution in [-0.2, 0) is 34.0 Å². The summed E-state index contributed by atoms with van der Waals surface area (Å²) in [5.74, 6) is -4.24. The number of benzene rings is 2. The molecule has 3 amide bonds. The van der Waals surface area contributed by atoms with Gasteiger partial charge in [0.25, 0.3) is 5.91 Å². The summed E-state index contributed by atoms with van der Waals surface area (Å²) in [5.41, 5.74) is 1.55. The van der Waals surface area contributed by atoms with Gasteiger partial charge in [-0.3, -0.25) is 24.6 Å². The topological polar surface area (TPSA) is 91.0 Å². The number of hydrogen-bond donors (Lipinski definition) is 2. The average Bonchev–Trinajstić information content (AvgIpc) is 3.28. The van der Waals surface area contributed by atoms with Gasteiger partial charge in [0.2, 0.25) is 11.8 Å². The van der Waals surface area contributed by atoms with Crippen molar-refractivity contribution >= 4 is 23.4 Å². The third kappa shape index (κ3) is 4.62. The van der Waals surface area contributed by atoms with Crippen molar-refractivity contribution in [2.24, 2.45) is 0 Å². The molecule has 5 rings (SSSR count). The predicted molar refractivity (Wildman–Crippen MR) is 122 cm³/mol. The molecule has 2 saturated heterocycles. The van der Waals surface area contributed by atoms with Crippen LogP contribution in [0.3, 0.4) is 0 Å². The number of nitrogens with zero attached hydrogens (tertiary/aromatic N) is 2. The molecule has 2 fully saturated rings. The number of amides is 3. The van der Waals surface area contributed by atoms with Crippen molar-refractivity contribution < 1.29 is 30.1 Å². The first-order valence-electron chi connectivity index (χ1n) is 14.6. The summed E-state index contributed by atoms with van der Waals surface area (Å²) in [6.45, 7) is 3.41. The minimum absolute atomic E-state index is 0.00806. The average molecular weight is 457 g/mol. The maximum absolute atomic E-state index is 13.5. The highest BCUT2D eigenvalue weighted by Crippen LogP contribution is 2.32. The van der Waals surface area contributed by atoms with E-state index in [1.807, 2.05) is 24.3 Å². The number of morpholine rings is 1. The third-order valence-corrected chi connectivity index (χ3v) is 5.76. The van der Waals surface area contributed by atoms with Gasteiger partial charge in [0.05, 0.1) is 18.7 Å². The molecule has 2 aromatic rings. The lowest BCUT2D eigenvalue weighted by Gasteiger charge is -2.29. The number of hydrogen-bond acceptors (Lipinski definition) is 6. The van der Waals surface area contributed by atoms with Gasteiger partial charge in [-0.2, -0.15) is 0 Å². The number of piperidine rings is 1. The van der Waals surface area contributed by atoms with Crippen LogP contribution in [0.1, 0.15) is 50.8 Å². The highest BCUT2D eigenvalue weighted by molar-refractivity contribution is 6.06. The summed E-state index contributed by atoms with van der Waals surface area (Å²) >= 11 is 0. The minimum atomic E-state index is -3.47. The Hall–Kier alpha value is -3.23. The largest absolute Gasteiger partial charge is 0.381 e. The molecule has 8 nitrogen and oxygen atoms in total. The lowest BCUT2D eigenvalue weighted by Crippen LogP contribution is -2.52. The van der Waals surface area contributed by atoms with Gasteiger partial charge in [-0.1, -0.05) is 30.3 Å². The Morgan fingerprint density at radius 3 is 2.70 bits per heavy atom. The van der Waals surface area contributed by atoms with Gasteiger partial charge in [0.1, 0.15) is 6.02 Å². The first-order chi connectivity index (χ1) is 19.2. The SMILES string of the molecule is [2H]c1c([2H])c(NCc2ccc(CN3CCOCC3)cc2)c2c(c1[2H])C(=O)N([C@]1([2H])C(=O)NC(=O)C([2H])([2H])C1([2H])[2H])C2.